The van der Waals surface area contributed by atoms with Crippen LogP contribution in [0.25, 0.3) is 10.9 Å². The summed E-state index contributed by atoms with van der Waals surface area (Å²) < 4.78 is 0. The molecule has 5 rings (SSSR count). The standard InChI is InChI=1S/C22H22N2O3/c25-12-17-20(14-4-2-1-3-5-14)22(17)13-24(11-19(22)26)21(27)16-6-7-18-15(10-16)8-9-23-18/h1-10,17,19-20,23,25-26H,11-13H2/t17-,19-,20-,22-/m1/s1. The maximum atomic E-state index is 13.1. The molecule has 0 bridgehead atoms. The molecule has 2 fully saturated rings. The molecule has 0 unspecified atom stereocenters. The van der Waals surface area contributed by atoms with Gasteiger partial charge in [0.05, 0.1) is 6.10 Å². The number of carbonyl (C=O) groups excluding carboxylic acids is 1. The number of hydrogen-bond donors (Lipinski definition) is 3. The van der Waals surface area contributed by atoms with Crippen molar-refractivity contribution >= 4 is 16.8 Å². The fourth-order valence-electron chi connectivity index (χ4n) is 5.09. The van der Waals surface area contributed by atoms with Gasteiger partial charge >= 0.3 is 0 Å². The predicted octanol–water partition coefficient (Wildman–Crippen LogP) is 2.38. The first-order valence-corrected chi connectivity index (χ1v) is 9.35. The second-order valence-corrected chi connectivity index (χ2v) is 7.77. The number of aliphatic hydroxyl groups excluding tert-OH is 2. The number of amides is 1. The normalized spacial score (nSPS) is 29.6. The molecule has 1 aromatic heterocycles. The van der Waals surface area contributed by atoms with Crippen molar-refractivity contribution in [3.8, 4) is 0 Å². The van der Waals surface area contributed by atoms with Crippen molar-refractivity contribution in [2.75, 3.05) is 19.7 Å². The van der Waals surface area contributed by atoms with Gasteiger partial charge in [-0.15, -0.1) is 0 Å². The molecule has 2 aliphatic rings. The first kappa shape index (κ1) is 16.5. The van der Waals surface area contributed by atoms with E-state index < -0.39 is 11.5 Å². The Labute approximate surface area is 157 Å². The topological polar surface area (TPSA) is 76.6 Å². The predicted molar refractivity (Wildman–Crippen MR) is 102 cm³/mol. The third kappa shape index (κ3) is 2.35. The van der Waals surface area contributed by atoms with Gasteiger partial charge in [0.25, 0.3) is 5.91 Å². The lowest BCUT2D eigenvalue weighted by molar-refractivity contribution is 0.0764. The van der Waals surface area contributed by atoms with Crippen LogP contribution in [0.3, 0.4) is 0 Å². The van der Waals surface area contributed by atoms with Crippen LogP contribution >= 0.6 is 0 Å². The number of hydrogen-bond acceptors (Lipinski definition) is 3. The highest BCUT2D eigenvalue weighted by Gasteiger charge is 2.71. The zero-order valence-corrected chi connectivity index (χ0v) is 14.9. The van der Waals surface area contributed by atoms with Crippen LogP contribution in [0.1, 0.15) is 21.8 Å². The van der Waals surface area contributed by atoms with Gasteiger partial charge in [0, 0.05) is 47.8 Å². The van der Waals surface area contributed by atoms with Gasteiger partial charge in [-0.05, 0) is 41.7 Å². The summed E-state index contributed by atoms with van der Waals surface area (Å²) in [4.78, 5) is 17.9. The molecular formula is C22H22N2O3. The number of aromatic nitrogens is 1. The van der Waals surface area contributed by atoms with Crippen LogP contribution in [0.5, 0.6) is 0 Å². The molecule has 2 heterocycles. The molecule has 1 saturated heterocycles. The first-order valence-electron chi connectivity index (χ1n) is 9.35. The average molecular weight is 362 g/mol. The summed E-state index contributed by atoms with van der Waals surface area (Å²) in [5.74, 6) is 0.00735. The summed E-state index contributed by atoms with van der Waals surface area (Å²) >= 11 is 0. The second kappa shape index (κ2) is 5.94. The number of fused-ring (bicyclic) bond motifs is 1. The summed E-state index contributed by atoms with van der Waals surface area (Å²) in [6.45, 7) is 0.806. The quantitative estimate of drug-likeness (QED) is 0.670. The number of likely N-dealkylation sites (tertiary alicyclic amines) is 1. The Morgan fingerprint density at radius 3 is 2.78 bits per heavy atom. The number of benzene rings is 2. The minimum Gasteiger partial charge on any atom is -0.396 e. The molecule has 138 valence electrons. The van der Waals surface area contributed by atoms with Gasteiger partial charge in [-0.3, -0.25) is 4.79 Å². The van der Waals surface area contributed by atoms with E-state index >= 15 is 0 Å². The number of aromatic amines is 1. The minimum atomic E-state index is -0.625. The Morgan fingerprint density at radius 1 is 1.19 bits per heavy atom. The lowest BCUT2D eigenvalue weighted by atomic mass is 9.95. The van der Waals surface area contributed by atoms with Gasteiger partial charge in [-0.2, -0.15) is 0 Å². The van der Waals surface area contributed by atoms with Gasteiger partial charge in [0.1, 0.15) is 0 Å². The SMILES string of the molecule is O=C(c1ccc2[nH]ccc2c1)N1C[C@@H](O)[C@@]2(C1)[C@H](CO)[C@H]2c1ccccc1. The third-order valence-electron chi connectivity index (χ3n) is 6.48. The van der Waals surface area contributed by atoms with Crippen molar-refractivity contribution in [1.29, 1.82) is 0 Å². The monoisotopic (exact) mass is 362 g/mol. The van der Waals surface area contributed by atoms with Gasteiger partial charge in [0.2, 0.25) is 0 Å². The molecule has 5 heteroatoms. The number of rotatable bonds is 3. The van der Waals surface area contributed by atoms with Gasteiger partial charge in [0.15, 0.2) is 0 Å². The Hall–Kier alpha value is -2.63. The van der Waals surface area contributed by atoms with E-state index in [-0.39, 0.29) is 24.3 Å². The fraction of sp³-hybridized carbons (Fsp3) is 0.318. The summed E-state index contributed by atoms with van der Waals surface area (Å²) in [5.41, 5.74) is 2.31. The molecule has 0 radical (unpaired) electrons. The molecule has 1 spiro atoms. The van der Waals surface area contributed by atoms with E-state index in [0.717, 1.165) is 16.5 Å². The van der Waals surface area contributed by atoms with Crippen molar-refractivity contribution in [2.45, 2.75) is 12.0 Å². The van der Waals surface area contributed by atoms with Crippen molar-refractivity contribution in [1.82, 2.24) is 9.88 Å². The maximum Gasteiger partial charge on any atom is 0.253 e. The van der Waals surface area contributed by atoms with Gasteiger partial charge in [-0.25, -0.2) is 0 Å². The van der Waals surface area contributed by atoms with E-state index in [4.69, 9.17) is 0 Å². The number of H-pyrrole nitrogens is 1. The van der Waals surface area contributed by atoms with E-state index in [1.807, 2.05) is 60.8 Å². The van der Waals surface area contributed by atoms with Crippen molar-refractivity contribution in [3.63, 3.8) is 0 Å². The van der Waals surface area contributed by atoms with E-state index in [9.17, 15) is 15.0 Å². The zero-order chi connectivity index (χ0) is 18.6. The minimum absolute atomic E-state index is 0.0140. The first-order chi connectivity index (χ1) is 13.1. The van der Waals surface area contributed by atoms with E-state index in [2.05, 4.69) is 4.98 Å². The Bertz CT molecular complexity index is 999. The molecule has 1 aliphatic heterocycles. The molecule has 3 aromatic rings. The van der Waals surface area contributed by atoms with E-state index in [1.165, 1.54) is 0 Å². The van der Waals surface area contributed by atoms with Crippen LogP contribution in [-0.4, -0.2) is 51.8 Å². The maximum absolute atomic E-state index is 13.1. The number of aliphatic hydroxyl groups is 2. The fourth-order valence-corrected chi connectivity index (χ4v) is 5.09. The van der Waals surface area contributed by atoms with Crippen molar-refractivity contribution in [3.05, 3.63) is 71.9 Å². The number of carbonyl (C=O) groups is 1. The summed E-state index contributed by atoms with van der Waals surface area (Å²) in [5, 5.41) is 21.7. The number of β-amino-alcohol motifs (C(OH)–C–C–N with tert-alkyl or cyclic N) is 1. The van der Waals surface area contributed by atoms with Crippen LogP contribution in [0, 0.1) is 11.3 Å². The highest BCUT2D eigenvalue weighted by Crippen LogP contribution is 2.68. The molecule has 3 N–H and O–H groups in total. The smallest absolute Gasteiger partial charge is 0.253 e. The highest BCUT2D eigenvalue weighted by atomic mass is 16.3. The molecule has 1 aliphatic carbocycles. The summed E-state index contributed by atoms with van der Waals surface area (Å²) in [6, 6.07) is 17.6. The molecular weight excluding hydrogens is 340 g/mol. The number of nitrogens with zero attached hydrogens (tertiary/aromatic N) is 1. The third-order valence-corrected chi connectivity index (χ3v) is 6.48. The van der Waals surface area contributed by atoms with Crippen LogP contribution in [-0.2, 0) is 0 Å². The van der Waals surface area contributed by atoms with Gasteiger partial charge < -0.3 is 20.1 Å². The van der Waals surface area contributed by atoms with Crippen LogP contribution in [0.2, 0.25) is 0 Å². The molecule has 1 amide bonds. The lowest BCUT2D eigenvalue weighted by Gasteiger charge is -2.17. The molecule has 5 nitrogen and oxygen atoms in total. The largest absolute Gasteiger partial charge is 0.396 e. The van der Waals surface area contributed by atoms with Crippen molar-refractivity contribution in [2.24, 2.45) is 11.3 Å². The summed E-state index contributed by atoms with van der Waals surface area (Å²) in [6.07, 6.45) is 1.23. The molecule has 1 saturated carbocycles. The van der Waals surface area contributed by atoms with Crippen molar-refractivity contribution < 1.29 is 15.0 Å². The number of nitrogens with one attached hydrogen (secondary N) is 1. The molecule has 4 atom stereocenters. The van der Waals surface area contributed by atoms with Crippen LogP contribution in [0.4, 0.5) is 0 Å². The second-order valence-electron chi connectivity index (χ2n) is 7.77. The lowest BCUT2D eigenvalue weighted by Crippen LogP contribution is -2.29. The average Bonchev–Trinajstić information content (AvgIpc) is 2.96. The van der Waals surface area contributed by atoms with Crippen LogP contribution < -0.4 is 0 Å². The van der Waals surface area contributed by atoms with E-state index in [0.29, 0.717) is 18.7 Å². The molecule has 27 heavy (non-hydrogen) atoms. The Morgan fingerprint density at radius 2 is 2.00 bits per heavy atom. The van der Waals surface area contributed by atoms with Crippen LogP contribution in [0.15, 0.2) is 60.8 Å². The summed E-state index contributed by atoms with van der Waals surface area (Å²) in [7, 11) is 0. The Kier molecular flexibility index (Phi) is 3.64. The Balaban J connectivity index is 1.43. The zero-order valence-electron chi connectivity index (χ0n) is 14.9. The van der Waals surface area contributed by atoms with Gasteiger partial charge in [-0.1, -0.05) is 30.3 Å². The van der Waals surface area contributed by atoms with E-state index in [1.54, 1.807) is 4.90 Å². The molecule has 2 aromatic carbocycles. The highest BCUT2D eigenvalue weighted by molar-refractivity contribution is 5.98.